The number of amides is 2. The van der Waals surface area contributed by atoms with Crippen LogP contribution >= 0.6 is 0 Å². The largest absolute Gasteiger partial charge is 0.346 e. The normalized spacial score (nSPS) is 13.2. The highest BCUT2D eigenvalue weighted by molar-refractivity contribution is 5.92. The first-order valence-corrected chi connectivity index (χ1v) is 10.6. The smallest absolute Gasteiger partial charge is 0.330 e. The summed E-state index contributed by atoms with van der Waals surface area (Å²) in [5.41, 5.74) is 5.51. The third-order valence-electron chi connectivity index (χ3n) is 5.82. The van der Waals surface area contributed by atoms with Crippen LogP contribution in [-0.2, 0) is 24.4 Å². The van der Waals surface area contributed by atoms with Crippen LogP contribution in [0.4, 0.5) is 5.69 Å². The van der Waals surface area contributed by atoms with E-state index in [2.05, 4.69) is 16.5 Å². The first-order valence-electron chi connectivity index (χ1n) is 10.6. The minimum atomic E-state index is -0.448. The van der Waals surface area contributed by atoms with Crippen molar-refractivity contribution in [1.29, 1.82) is 0 Å². The lowest BCUT2D eigenvalue weighted by Crippen LogP contribution is -2.42. The van der Waals surface area contributed by atoms with E-state index in [0.29, 0.717) is 25.3 Å². The molecule has 1 aromatic heterocycles. The van der Waals surface area contributed by atoms with E-state index in [1.165, 1.54) is 4.57 Å². The van der Waals surface area contributed by atoms with E-state index < -0.39 is 5.69 Å². The molecule has 0 spiro atoms. The average molecular weight is 434 g/mol. The van der Waals surface area contributed by atoms with Crippen LogP contribution in [0.1, 0.15) is 38.4 Å². The molecule has 1 aliphatic heterocycles. The van der Waals surface area contributed by atoms with E-state index in [1.54, 1.807) is 4.90 Å². The van der Waals surface area contributed by atoms with Gasteiger partial charge in [0.1, 0.15) is 6.54 Å². The SMILES string of the molecule is Cc1ccc(C)c(CN2CCn3c(nn(CC(=O)Nc4cc(C)ccc4C)c3=O)C2=O)c1. The molecule has 166 valence electrons. The molecule has 3 aromatic rings. The molecule has 0 fully saturated rings. The Balaban J connectivity index is 1.51. The maximum Gasteiger partial charge on any atom is 0.346 e. The van der Waals surface area contributed by atoms with Gasteiger partial charge in [0.15, 0.2) is 0 Å². The number of carbonyl (C=O) groups excluding carboxylic acids is 2. The fourth-order valence-corrected chi connectivity index (χ4v) is 3.89. The second-order valence-electron chi connectivity index (χ2n) is 8.44. The van der Waals surface area contributed by atoms with Crippen molar-refractivity contribution in [3.05, 3.63) is 80.5 Å². The van der Waals surface area contributed by atoms with Gasteiger partial charge in [0.05, 0.1) is 0 Å². The molecule has 0 saturated heterocycles. The van der Waals surface area contributed by atoms with Crippen LogP contribution in [0.3, 0.4) is 0 Å². The first-order chi connectivity index (χ1) is 15.2. The molecular formula is C24H27N5O3. The molecule has 2 amide bonds. The van der Waals surface area contributed by atoms with Crippen LogP contribution in [-0.4, -0.2) is 37.6 Å². The second kappa shape index (κ2) is 8.45. The summed E-state index contributed by atoms with van der Waals surface area (Å²) in [6.45, 7) is 8.85. The quantitative estimate of drug-likeness (QED) is 0.670. The third-order valence-corrected chi connectivity index (χ3v) is 5.82. The summed E-state index contributed by atoms with van der Waals surface area (Å²) in [6.07, 6.45) is 0. The van der Waals surface area contributed by atoms with E-state index in [9.17, 15) is 14.4 Å². The number of hydrogen-bond acceptors (Lipinski definition) is 4. The van der Waals surface area contributed by atoms with Gasteiger partial charge in [-0.25, -0.2) is 9.48 Å². The number of rotatable bonds is 5. The monoisotopic (exact) mass is 433 g/mol. The van der Waals surface area contributed by atoms with Crippen molar-refractivity contribution >= 4 is 17.5 Å². The summed E-state index contributed by atoms with van der Waals surface area (Å²) in [5.74, 6) is -0.593. The highest BCUT2D eigenvalue weighted by atomic mass is 16.2. The fraction of sp³-hybridized carbons (Fsp3) is 0.333. The number of hydrogen-bond donors (Lipinski definition) is 1. The minimum absolute atomic E-state index is 0.0751. The van der Waals surface area contributed by atoms with E-state index >= 15 is 0 Å². The number of anilines is 1. The molecule has 8 heteroatoms. The summed E-state index contributed by atoms with van der Waals surface area (Å²) in [7, 11) is 0. The molecule has 0 atom stereocenters. The van der Waals surface area contributed by atoms with Gasteiger partial charge in [0.25, 0.3) is 5.91 Å². The lowest BCUT2D eigenvalue weighted by Gasteiger charge is -2.27. The molecule has 2 heterocycles. The van der Waals surface area contributed by atoms with Crippen molar-refractivity contribution in [3.8, 4) is 0 Å². The molecule has 2 aromatic carbocycles. The molecule has 0 saturated carbocycles. The Kier molecular flexibility index (Phi) is 5.69. The van der Waals surface area contributed by atoms with Crippen LogP contribution in [0.25, 0.3) is 0 Å². The number of aromatic nitrogens is 3. The van der Waals surface area contributed by atoms with Crippen molar-refractivity contribution in [2.24, 2.45) is 0 Å². The zero-order valence-electron chi connectivity index (χ0n) is 18.8. The third kappa shape index (κ3) is 4.21. The Morgan fingerprint density at radius 3 is 2.41 bits per heavy atom. The van der Waals surface area contributed by atoms with Crippen LogP contribution in [0, 0.1) is 27.7 Å². The Morgan fingerprint density at radius 2 is 1.66 bits per heavy atom. The van der Waals surface area contributed by atoms with Gasteiger partial charge in [-0.2, -0.15) is 0 Å². The second-order valence-corrected chi connectivity index (χ2v) is 8.44. The zero-order valence-corrected chi connectivity index (χ0v) is 18.8. The molecule has 0 bridgehead atoms. The van der Waals surface area contributed by atoms with Crippen molar-refractivity contribution in [1.82, 2.24) is 19.2 Å². The Hall–Kier alpha value is -3.68. The number of aryl methyl sites for hydroxylation is 4. The fourth-order valence-electron chi connectivity index (χ4n) is 3.89. The molecular weight excluding hydrogens is 406 g/mol. The van der Waals surface area contributed by atoms with Gasteiger partial charge in [-0.15, -0.1) is 5.10 Å². The summed E-state index contributed by atoms with van der Waals surface area (Å²) in [6, 6.07) is 11.9. The maximum absolute atomic E-state index is 13.0. The van der Waals surface area contributed by atoms with Crippen LogP contribution in [0.2, 0.25) is 0 Å². The molecule has 1 N–H and O–H groups in total. The number of carbonyl (C=O) groups is 2. The summed E-state index contributed by atoms with van der Waals surface area (Å²) >= 11 is 0. The first kappa shape index (κ1) is 21.5. The predicted octanol–water partition coefficient (Wildman–Crippen LogP) is 2.57. The number of nitrogens with one attached hydrogen (secondary N) is 1. The Bertz CT molecular complexity index is 1270. The number of fused-ring (bicyclic) bond motifs is 1. The summed E-state index contributed by atoms with van der Waals surface area (Å²) in [5, 5.41) is 7.03. The molecule has 32 heavy (non-hydrogen) atoms. The summed E-state index contributed by atoms with van der Waals surface area (Å²) in [4.78, 5) is 40.0. The maximum atomic E-state index is 13.0. The minimum Gasteiger partial charge on any atom is -0.330 e. The predicted molar refractivity (Wildman–Crippen MR) is 122 cm³/mol. The van der Waals surface area contributed by atoms with Crippen molar-refractivity contribution < 1.29 is 9.59 Å². The van der Waals surface area contributed by atoms with Crippen molar-refractivity contribution in [2.75, 3.05) is 11.9 Å². The van der Waals surface area contributed by atoms with Gasteiger partial charge >= 0.3 is 5.69 Å². The van der Waals surface area contributed by atoms with E-state index in [0.717, 1.165) is 32.5 Å². The zero-order chi connectivity index (χ0) is 23.0. The molecule has 4 rings (SSSR count). The number of benzene rings is 2. The van der Waals surface area contributed by atoms with Crippen LogP contribution < -0.4 is 11.0 Å². The van der Waals surface area contributed by atoms with Crippen LogP contribution in [0.5, 0.6) is 0 Å². The summed E-state index contributed by atoms with van der Waals surface area (Å²) < 4.78 is 2.42. The van der Waals surface area contributed by atoms with Gasteiger partial charge in [-0.1, -0.05) is 35.9 Å². The van der Waals surface area contributed by atoms with Crippen molar-refractivity contribution in [3.63, 3.8) is 0 Å². The molecule has 1 aliphatic rings. The Morgan fingerprint density at radius 1 is 0.969 bits per heavy atom. The van der Waals surface area contributed by atoms with Crippen LogP contribution in [0.15, 0.2) is 41.2 Å². The van der Waals surface area contributed by atoms with Gasteiger partial charge in [0.2, 0.25) is 11.7 Å². The van der Waals surface area contributed by atoms with Gasteiger partial charge < -0.3 is 10.2 Å². The highest BCUT2D eigenvalue weighted by Gasteiger charge is 2.30. The topological polar surface area (TPSA) is 89.2 Å². The molecule has 0 unspecified atom stereocenters. The van der Waals surface area contributed by atoms with Gasteiger partial charge in [-0.05, 0) is 56.0 Å². The number of nitrogens with zero attached hydrogens (tertiary/aromatic N) is 4. The standard InChI is InChI=1S/C24H27N5O3/c1-15-5-7-17(3)19(11-15)13-27-9-10-28-22(23(27)31)26-29(24(28)32)14-21(30)25-20-12-16(2)6-8-18(20)4/h5-8,11-12H,9-10,13-14H2,1-4H3,(H,25,30). The average Bonchev–Trinajstić information content (AvgIpc) is 3.05. The van der Waals surface area contributed by atoms with E-state index in [1.807, 2.05) is 58.0 Å². The Labute approximate surface area is 186 Å². The van der Waals surface area contributed by atoms with E-state index in [4.69, 9.17) is 0 Å². The van der Waals surface area contributed by atoms with E-state index in [-0.39, 0.29) is 24.2 Å². The van der Waals surface area contributed by atoms with Gasteiger partial charge in [-0.3, -0.25) is 14.2 Å². The molecule has 0 aliphatic carbocycles. The van der Waals surface area contributed by atoms with Crippen molar-refractivity contribution in [2.45, 2.75) is 47.3 Å². The lowest BCUT2D eigenvalue weighted by molar-refractivity contribution is -0.117. The molecule has 8 nitrogen and oxygen atoms in total. The lowest BCUT2D eigenvalue weighted by atomic mass is 10.0. The van der Waals surface area contributed by atoms with Gasteiger partial charge in [0, 0.05) is 25.3 Å². The highest BCUT2D eigenvalue weighted by Crippen LogP contribution is 2.18. The molecule has 0 radical (unpaired) electrons.